The van der Waals surface area contributed by atoms with E-state index in [0.717, 1.165) is 13.1 Å². The first kappa shape index (κ1) is 15.3. The monoisotopic (exact) mass is 288 g/mol. The van der Waals surface area contributed by atoms with Crippen molar-refractivity contribution in [2.45, 2.75) is 0 Å². The number of carbonyl (C=O) groups excluding carboxylic acids is 2. The number of allylic oxidation sites excluding steroid dienone is 1. The Kier molecular flexibility index (Phi) is 5.11. The molecule has 0 spiro atoms. The van der Waals surface area contributed by atoms with Gasteiger partial charge in [0.2, 0.25) is 5.91 Å². The number of rotatable bonds is 4. The highest BCUT2D eigenvalue weighted by molar-refractivity contribution is 6.07. The van der Waals surface area contributed by atoms with Crippen LogP contribution in [0.25, 0.3) is 0 Å². The van der Waals surface area contributed by atoms with Crippen molar-refractivity contribution in [3.05, 3.63) is 42.0 Å². The van der Waals surface area contributed by atoms with Crippen LogP contribution in [0.4, 0.5) is 0 Å². The molecule has 2 rings (SSSR count). The third kappa shape index (κ3) is 4.16. The van der Waals surface area contributed by atoms with Gasteiger partial charge in [-0.1, -0.05) is 0 Å². The van der Waals surface area contributed by atoms with E-state index in [1.807, 2.05) is 7.05 Å². The Labute approximate surface area is 124 Å². The van der Waals surface area contributed by atoms with Crippen LogP contribution < -0.4 is 4.74 Å². The smallest absolute Gasteiger partial charge is 0.246 e. The number of amides is 1. The minimum Gasteiger partial charge on any atom is -0.497 e. The minimum atomic E-state index is -0.180. The van der Waals surface area contributed by atoms with Gasteiger partial charge in [0, 0.05) is 37.8 Å². The first-order valence-electron chi connectivity index (χ1n) is 6.94. The van der Waals surface area contributed by atoms with Gasteiger partial charge in [-0.3, -0.25) is 9.59 Å². The number of ether oxygens (including phenoxy) is 1. The SMILES string of the molecule is COc1ccc(C(=O)/C=C/C(=O)N2CCN(C)CC2)cc1. The highest BCUT2D eigenvalue weighted by Gasteiger charge is 2.17. The largest absolute Gasteiger partial charge is 0.497 e. The number of hydrogen-bond acceptors (Lipinski definition) is 4. The van der Waals surface area contributed by atoms with Crippen LogP contribution in [0.5, 0.6) is 5.75 Å². The normalized spacial score (nSPS) is 16.2. The van der Waals surface area contributed by atoms with E-state index >= 15 is 0 Å². The lowest BCUT2D eigenvalue weighted by molar-refractivity contribution is -0.127. The number of hydrogen-bond donors (Lipinski definition) is 0. The fraction of sp³-hybridized carbons (Fsp3) is 0.375. The van der Waals surface area contributed by atoms with Crippen molar-refractivity contribution >= 4 is 11.7 Å². The number of benzene rings is 1. The van der Waals surface area contributed by atoms with Crippen LogP contribution in [0.3, 0.4) is 0 Å². The molecule has 5 nitrogen and oxygen atoms in total. The predicted octanol–water partition coefficient (Wildman–Crippen LogP) is 1.21. The zero-order valence-corrected chi connectivity index (χ0v) is 12.4. The Morgan fingerprint density at radius 3 is 2.24 bits per heavy atom. The molecule has 0 saturated carbocycles. The first-order chi connectivity index (χ1) is 10.1. The van der Waals surface area contributed by atoms with Crippen LogP contribution in [0, 0.1) is 0 Å². The number of ketones is 1. The van der Waals surface area contributed by atoms with Crippen molar-refractivity contribution in [2.75, 3.05) is 40.3 Å². The molecule has 1 saturated heterocycles. The van der Waals surface area contributed by atoms with Crippen molar-refractivity contribution in [1.82, 2.24) is 9.80 Å². The molecule has 0 atom stereocenters. The highest BCUT2D eigenvalue weighted by Crippen LogP contribution is 2.12. The summed E-state index contributed by atoms with van der Waals surface area (Å²) in [5.74, 6) is 0.411. The number of piperazine rings is 1. The molecule has 0 N–H and O–H groups in total. The summed E-state index contributed by atoms with van der Waals surface area (Å²) >= 11 is 0. The van der Waals surface area contributed by atoms with Gasteiger partial charge < -0.3 is 14.5 Å². The Hall–Kier alpha value is -2.14. The zero-order valence-electron chi connectivity index (χ0n) is 12.4. The fourth-order valence-corrected chi connectivity index (χ4v) is 2.13. The van der Waals surface area contributed by atoms with Crippen molar-refractivity contribution in [1.29, 1.82) is 0 Å². The molecule has 1 aliphatic heterocycles. The van der Waals surface area contributed by atoms with Crippen LogP contribution in [0.15, 0.2) is 36.4 Å². The summed E-state index contributed by atoms with van der Waals surface area (Å²) in [6.07, 6.45) is 2.69. The van der Waals surface area contributed by atoms with E-state index in [0.29, 0.717) is 24.4 Å². The number of carbonyl (C=O) groups is 2. The van der Waals surface area contributed by atoms with Gasteiger partial charge >= 0.3 is 0 Å². The van der Waals surface area contributed by atoms with Gasteiger partial charge in [0.25, 0.3) is 0 Å². The number of methoxy groups -OCH3 is 1. The molecule has 0 aromatic heterocycles. The van der Waals surface area contributed by atoms with Gasteiger partial charge in [-0.25, -0.2) is 0 Å². The van der Waals surface area contributed by atoms with Crippen LogP contribution in [-0.2, 0) is 4.79 Å². The number of nitrogens with zero attached hydrogens (tertiary/aromatic N) is 2. The fourth-order valence-electron chi connectivity index (χ4n) is 2.13. The van der Waals surface area contributed by atoms with Gasteiger partial charge in [0.05, 0.1) is 7.11 Å². The third-order valence-corrected chi connectivity index (χ3v) is 3.57. The van der Waals surface area contributed by atoms with E-state index in [9.17, 15) is 9.59 Å². The van der Waals surface area contributed by atoms with Gasteiger partial charge in [-0.05, 0) is 37.4 Å². The summed E-state index contributed by atoms with van der Waals surface area (Å²) in [5.41, 5.74) is 0.540. The maximum absolute atomic E-state index is 12.0. The van der Waals surface area contributed by atoms with E-state index < -0.39 is 0 Å². The lowest BCUT2D eigenvalue weighted by Gasteiger charge is -2.31. The van der Waals surface area contributed by atoms with Crippen molar-refractivity contribution in [3.8, 4) is 5.75 Å². The maximum Gasteiger partial charge on any atom is 0.246 e. The topological polar surface area (TPSA) is 49.9 Å². The molecular formula is C16H20N2O3. The second kappa shape index (κ2) is 7.04. The van der Waals surface area contributed by atoms with E-state index in [2.05, 4.69) is 4.90 Å². The molecule has 1 heterocycles. The van der Waals surface area contributed by atoms with E-state index in [1.54, 1.807) is 36.3 Å². The lowest BCUT2D eigenvalue weighted by atomic mass is 10.1. The molecule has 0 radical (unpaired) electrons. The van der Waals surface area contributed by atoms with Crippen molar-refractivity contribution in [2.24, 2.45) is 0 Å². The molecule has 5 heteroatoms. The second-order valence-corrected chi connectivity index (χ2v) is 5.05. The predicted molar refractivity (Wildman–Crippen MR) is 80.5 cm³/mol. The third-order valence-electron chi connectivity index (χ3n) is 3.57. The standard InChI is InChI=1S/C16H20N2O3/c1-17-9-11-18(12-10-17)16(20)8-7-15(19)13-3-5-14(21-2)6-4-13/h3-8H,9-12H2,1-2H3/b8-7+. The van der Waals surface area contributed by atoms with E-state index in [-0.39, 0.29) is 11.7 Å². The number of likely N-dealkylation sites (N-methyl/N-ethyl adjacent to an activating group) is 1. The first-order valence-corrected chi connectivity index (χ1v) is 6.94. The Balaban J connectivity index is 1.93. The van der Waals surface area contributed by atoms with E-state index in [4.69, 9.17) is 4.74 Å². The summed E-state index contributed by atoms with van der Waals surface area (Å²) in [5, 5.41) is 0. The molecular weight excluding hydrogens is 268 g/mol. The molecule has 1 amide bonds. The molecule has 0 aliphatic carbocycles. The van der Waals surface area contributed by atoms with Crippen LogP contribution in [0.2, 0.25) is 0 Å². The molecule has 1 aromatic carbocycles. The van der Waals surface area contributed by atoms with Crippen LogP contribution in [0.1, 0.15) is 10.4 Å². The summed E-state index contributed by atoms with van der Waals surface area (Å²) in [7, 11) is 3.61. The molecule has 0 unspecified atom stereocenters. The van der Waals surface area contributed by atoms with Gasteiger partial charge in [-0.2, -0.15) is 0 Å². The lowest BCUT2D eigenvalue weighted by Crippen LogP contribution is -2.46. The van der Waals surface area contributed by atoms with Gasteiger partial charge in [0.1, 0.15) is 5.75 Å². The molecule has 1 fully saturated rings. The summed E-state index contributed by atoms with van der Waals surface area (Å²) in [4.78, 5) is 27.9. The molecule has 0 bridgehead atoms. The van der Waals surface area contributed by atoms with Gasteiger partial charge in [-0.15, -0.1) is 0 Å². The highest BCUT2D eigenvalue weighted by atomic mass is 16.5. The minimum absolute atomic E-state index is 0.107. The molecule has 21 heavy (non-hydrogen) atoms. The van der Waals surface area contributed by atoms with Gasteiger partial charge in [0.15, 0.2) is 5.78 Å². The Bertz CT molecular complexity index is 529. The van der Waals surface area contributed by atoms with E-state index in [1.165, 1.54) is 12.2 Å². The maximum atomic E-state index is 12.0. The summed E-state index contributed by atoms with van der Waals surface area (Å²) in [6, 6.07) is 6.82. The van der Waals surface area contributed by atoms with Crippen LogP contribution >= 0.6 is 0 Å². The van der Waals surface area contributed by atoms with Crippen molar-refractivity contribution < 1.29 is 14.3 Å². The van der Waals surface area contributed by atoms with Crippen molar-refractivity contribution in [3.63, 3.8) is 0 Å². The molecule has 1 aliphatic rings. The molecule has 1 aromatic rings. The Morgan fingerprint density at radius 2 is 1.67 bits per heavy atom. The second-order valence-electron chi connectivity index (χ2n) is 5.05. The average Bonchev–Trinajstić information content (AvgIpc) is 2.53. The Morgan fingerprint density at radius 1 is 1.05 bits per heavy atom. The zero-order chi connectivity index (χ0) is 15.2. The van der Waals surface area contributed by atoms with Crippen LogP contribution in [-0.4, -0.2) is 61.8 Å². The summed E-state index contributed by atoms with van der Waals surface area (Å²) < 4.78 is 5.04. The quantitative estimate of drug-likeness (QED) is 0.617. The summed E-state index contributed by atoms with van der Waals surface area (Å²) in [6.45, 7) is 3.14. The molecule has 112 valence electrons. The average molecular weight is 288 g/mol.